The highest BCUT2D eigenvalue weighted by molar-refractivity contribution is 5.87. The van der Waals surface area contributed by atoms with E-state index in [2.05, 4.69) is 33.1 Å². The van der Waals surface area contributed by atoms with Crippen LogP contribution in [0.2, 0.25) is 0 Å². The van der Waals surface area contributed by atoms with Crippen LogP contribution in [0, 0.1) is 5.92 Å². The number of aliphatic hydroxyl groups is 1. The number of amides is 3. The zero-order valence-electron chi connectivity index (χ0n) is 36.1. The van der Waals surface area contributed by atoms with Gasteiger partial charge in [-0.2, -0.15) is 0 Å². The van der Waals surface area contributed by atoms with E-state index in [0.29, 0.717) is 31.6 Å². The minimum absolute atomic E-state index is 0.0897. The molecule has 12 nitrogen and oxygen atoms in total. The quantitative estimate of drug-likeness (QED) is 0.0549. The Balaban J connectivity index is 0.915. The van der Waals surface area contributed by atoms with Crippen molar-refractivity contribution in [3.05, 3.63) is 174 Å². The van der Waals surface area contributed by atoms with E-state index in [1.807, 2.05) is 134 Å². The number of carbonyl (C=O) groups is 4. The van der Waals surface area contributed by atoms with E-state index in [-0.39, 0.29) is 56.8 Å². The number of aromatic amines is 1. The van der Waals surface area contributed by atoms with Gasteiger partial charge in [0.05, 0.1) is 24.6 Å². The van der Waals surface area contributed by atoms with Crippen molar-refractivity contribution in [3.63, 3.8) is 0 Å². The Bertz CT molecular complexity index is 2560. The maximum Gasteiger partial charge on any atom is 0.407 e. The number of hydrogen-bond acceptors (Lipinski definition) is 8. The van der Waals surface area contributed by atoms with Gasteiger partial charge in [-0.3, -0.25) is 9.59 Å². The molecule has 334 valence electrons. The summed E-state index contributed by atoms with van der Waals surface area (Å²) in [6.45, 7) is 0.0577. The molecule has 0 saturated carbocycles. The molecule has 3 amide bonds. The Morgan fingerprint density at radius 2 is 1.52 bits per heavy atom. The van der Waals surface area contributed by atoms with Gasteiger partial charge in [0, 0.05) is 29.4 Å². The monoisotopic (exact) mass is 874 g/mol. The van der Waals surface area contributed by atoms with Crippen molar-refractivity contribution in [1.82, 2.24) is 20.9 Å². The summed E-state index contributed by atoms with van der Waals surface area (Å²) in [6, 6.07) is 39.1. The zero-order chi connectivity index (χ0) is 45.0. The highest BCUT2D eigenvalue weighted by Crippen LogP contribution is 2.44. The fraction of sp³-hybridized carbons (Fsp3) is 0.283. The van der Waals surface area contributed by atoms with Gasteiger partial charge in [-0.1, -0.05) is 121 Å². The second-order valence-corrected chi connectivity index (χ2v) is 16.7. The molecule has 1 aliphatic carbocycles. The van der Waals surface area contributed by atoms with Gasteiger partial charge >= 0.3 is 12.1 Å². The van der Waals surface area contributed by atoms with Gasteiger partial charge in [-0.05, 0) is 89.2 Å². The van der Waals surface area contributed by atoms with E-state index in [9.17, 15) is 24.3 Å². The molecule has 1 aliphatic heterocycles. The molecular weight excluding hydrogens is 821 g/mol. The molecule has 12 heteroatoms. The lowest BCUT2D eigenvalue weighted by Gasteiger charge is -2.24. The second-order valence-electron chi connectivity index (χ2n) is 16.7. The summed E-state index contributed by atoms with van der Waals surface area (Å²) in [6.07, 6.45) is 6.21. The Labute approximate surface area is 378 Å². The molecule has 4 atom stereocenters. The van der Waals surface area contributed by atoms with E-state index in [1.165, 1.54) is 0 Å². The molecule has 2 heterocycles. The second kappa shape index (κ2) is 21.5. The first-order chi connectivity index (χ1) is 31.8. The lowest BCUT2D eigenvalue weighted by Crippen LogP contribution is -2.47. The topological polar surface area (TPSA) is 168 Å². The summed E-state index contributed by atoms with van der Waals surface area (Å²) in [5.74, 6) is -1.60. The average Bonchev–Trinajstić information content (AvgIpc) is 3.89. The van der Waals surface area contributed by atoms with E-state index in [0.717, 1.165) is 49.8 Å². The molecule has 5 N–H and O–H groups in total. The van der Waals surface area contributed by atoms with Gasteiger partial charge in [-0.15, -0.1) is 0 Å². The number of nitrogens with one attached hydrogen (secondary N) is 4. The molecule has 0 saturated heterocycles. The number of carbonyl (C=O) groups excluding carboxylic acids is 4. The number of ether oxygens (including phenoxy) is 3. The fourth-order valence-electron chi connectivity index (χ4n) is 8.69. The maximum atomic E-state index is 14.1. The number of benzene rings is 5. The Morgan fingerprint density at radius 1 is 0.815 bits per heavy atom. The highest BCUT2D eigenvalue weighted by atomic mass is 16.6. The molecule has 5 aromatic carbocycles. The molecule has 0 bridgehead atoms. The van der Waals surface area contributed by atoms with Gasteiger partial charge in [0.1, 0.15) is 31.6 Å². The number of aromatic nitrogens is 1. The van der Waals surface area contributed by atoms with Crippen LogP contribution in [0.4, 0.5) is 4.79 Å². The number of fused-ring (bicyclic) bond motifs is 4. The Hall–Kier alpha value is -7.18. The molecule has 8 rings (SSSR count). The number of H-pyrrole nitrogens is 1. The number of esters is 1. The lowest BCUT2D eigenvalue weighted by atomic mass is 9.97. The number of alkyl carbamates (subject to hydrolysis) is 1. The van der Waals surface area contributed by atoms with Crippen molar-refractivity contribution < 1.29 is 38.5 Å². The highest BCUT2D eigenvalue weighted by Gasteiger charge is 2.31. The summed E-state index contributed by atoms with van der Waals surface area (Å²) < 4.78 is 17.6. The number of aliphatic hydroxyl groups excluding tert-OH is 1. The largest absolute Gasteiger partial charge is 0.489 e. The molecule has 0 radical (unpaired) electrons. The van der Waals surface area contributed by atoms with Crippen LogP contribution >= 0.6 is 0 Å². The van der Waals surface area contributed by atoms with Crippen LogP contribution in [0.3, 0.4) is 0 Å². The number of cyclic esters (lactones) is 1. The van der Waals surface area contributed by atoms with Crippen LogP contribution in [-0.4, -0.2) is 71.9 Å². The number of para-hydroxylation sites is 1. The molecule has 1 aromatic heterocycles. The third kappa shape index (κ3) is 11.5. The summed E-state index contributed by atoms with van der Waals surface area (Å²) in [5.41, 5.74) is 8.17. The molecule has 6 aromatic rings. The van der Waals surface area contributed by atoms with Crippen molar-refractivity contribution in [1.29, 1.82) is 0 Å². The standard InChI is InChI=1S/C53H54N4O8/c58-31-39(27-35-23-25-41(26-24-35)63-32-36-13-3-1-4-14-36)55-50(59)29-37-15-5-2-6-22-49(52(61)64-33-40(56-51(37)60)28-38-30-54-48-21-12-11-16-42(38)48)57-53(62)65-34-47-45-19-9-7-17-43(45)44-18-8-10-20-46(44)47/h1-5,7-14,16-21,23-26,30,37,39-40,47,49,54,58H,6,15,22,27-29,31-34H2,(H,55,59)(H,56,60)(H,57,62)/t37-,39+,40+,49+/m1/s1. The number of hydrogen-bond donors (Lipinski definition) is 5. The summed E-state index contributed by atoms with van der Waals surface area (Å²) in [5, 5.41) is 20.0. The minimum atomic E-state index is -1.02. The lowest BCUT2D eigenvalue weighted by molar-refractivity contribution is -0.147. The van der Waals surface area contributed by atoms with Crippen LogP contribution in [0.25, 0.3) is 22.0 Å². The summed E-state index contributed by atoms with van der Waals surface area (Å²) in [4.78, 5) is 58.0. The zero-order valence-corrected chi connectivity index (χ0v) is 36.1. The van der Waals surface area contributed by atoms with Crippen molar-refractivity contribution in [3.8, 4) is 16.9 Å². The molecule has 2 aliphatic rings. The predicted octanol–water partition coefficient (Wildman–Crippen LogP) is 7.69. The number of rotatable bonds is 14. The van der Waals surface area contributed by atoms with Gasteiger partial charge in [-0.25, -0.2) is 9.59 Å². The van der Waals surface area contributed by atoms with Gasteiger partial charge in [0.2, 0.25) is 11.8 Å². The van der Waals surface area contributed by atoms with Crippen molar-refractivity contribution in [2.45, 2.75) is 69.2 Å². The van der Waals surface area contributed by atoms with Crippen LogP contribution in [-0.2, 0) is 43.3 Å². The Kier molecular flexibility index (Phi) is 14.7. The van der Waals surface area contributed by atoms with E-state index >= 15 is 0 Å². The Morgan fingerprint density at radius 3 is 2.28 bits per heavy atom. The van der Waals surface area contributed by atoms with E-state index < -0.39 is 36.1 Å². The minimum Gasteiger partial charge on any atom is -0.489 e. The average molecular weight is 875 g/mol. The molecular formula is C53H54N4O8. The van der Waals surface area contributed by atoms with Crippen LogP contribution in [0.1, 0.15) is 59.4 Å². The SMILES string of the molecule is O=C(C[C@H]1CC=CCC[C@H](NC(=O)OCC2c3ccccc3-c3ccccc32)C(=O)OC[C@H](Cc2c[nH]c3ccccc23)NC1=O)N[C@H](CO)Cc1ccc(OCc2ccccc2)cc1. The molecule has 65 heavy (non-hydrogen) atoms. The smallest absolute Gasteiger partial charge is 0.407 e. The van der Waals surface area contributed by atoms with E-state index in [1.54, 1.807) is 0 Å². The van der Waals surface area contributed by atoms with Gasteiger partial charge in [0.15, 0.2) is 0 Å². The van der Waals surface area contributed by atoms with Gasteiger partial charge in [0.25, 0.3) is 0 Å². The number of allylic oxidation sites excluding steroid dienone is 2. The van der Waals surface area contributed by atoms with Crippen LogP contribution < -0.4 is 20.7 Å². The molecule has 0 spiro atoms. The fourth-order valence-corrected chi connectivity index (χ4v) is 8.69. The normalized spacial score (nSPS) is 18.1. The van der Waals surface area contributed by atoms with Crippen molar-refractivity contribution >= 4 is 34.8 Å². The molecule has 0 unspecified atom stereocenters. The first-order valence-electron chi connectivity index (χ1n) is 22.3. The van der Waals surface area contributed by atoms with Gasteiger partial charge < -0.3 is 40.3 Å². The summed E-state index contributed by atoms with van der Waals surface area (Å²) >= 11 is 0. The summed E-state index contributed by atoms with van der Waals surface area (Å²) in [7, 11) is 0. The van der Waals surface area contributed by atoms with E-state index in [4.69, 9.17) is 14.2 Å². The first kappa shape index (κ1) is 44.4. The third-order valence-electron chi connectivity index (χ3n) is 12.1. The maximum absolute atomic E-state index is 14.1. The third-order valence-corrected chi connectivity index (χ3v) is 12.1. The van der Waals surface area contributed by atoms with Crippen LogP contribution in [0.15, 0.2) is 146 Å². The van der Waals surface area contributed by atoms with Crippen molar-refractivity contribution in [2.24, 2.45) is 5.92 Å². The predicted molar refractivity (Wildman–Crippen MR) is 248 cm³/mol. The van der Waals surface area contributed by atoms with Crippen LogP contribution in [0.5, 0.6) is 5.75 Å². The van der Waals surface area contributed by atoms with Crippen molar-refractivity contribution in [2.75, 3.05) is 19.8 Å². The first-order valence-corrected chi connectivity index (χ1v) is 22.3. The molecule has 0 fully saturated rings.